The Labute approximate surface area is 177 Å². The molecule has 1 saturated heterocycles. The van der Waals surface area contributed by atoms with Crippen molar-refractivity contribution < 1.29 is 17.5 Å². The minimum Gasteiger partial charge on any atom is -0.481 e. The first-order valence-corrected chi connectivity index (χ1v) is 11.1. The molecule has 5 rings (SSSR count). The van der Waals surface area contributed by atoms with Crippen molar-refractivity contribution in [3.8, 4) is 5.88 Å². The minimum absolute atomic E-state index is 0.210. The van der Waals surface area contributed by atoms with Gasteiger partial charge in [-0.3, -0.25) is 0 Å². The molecule has 0 radical (unpaired) electrons. The van der Waals surface area contributed by atoms with Crippen LogP contribution in [0.3, 0.4) is 0 Å². The zero-order valence-corrected chi connectivity index (χ0v) is 17.4. The largest absolute Gasteiger partial charge is 0.481 e. The number of methoxy groups -OCH3 is 1. The SMILES string of the molecule is COc1ccc2c(ncc3nc(C4CNC4)n(Cc4ccc(S(N)(=O)=O)c(F)c4)c32)n1. The van der Waals surface area contributed by atoms with Crippen molar-refractivity contribution in [2.75, 3.05) is 20.2 Å². The average Bonchev–Trinajstić information content (AvgIpc) is 3.03. The van der Waals surface area contributed by atoms with Crippen molar-refractivity contribution in [1.82, 2.24) is 24.8 Å². The molecular formula is C20H19FN6O3S. The number of pyridine rings is 2. The normalized spacial score (nSPS) is 14.8. The smallest absolute Gasteiger partial charge is 0.240 e. The highest BCUT2D eigenvalue weighted by Gasteiger charge is 2.27. The Balaban J connectivity index is 1.69. The van der Waals surface area contributed by atoms with E-state index in [9.17, 15) is 12.8 Å². The first-order chi connectivity index (χ1) is 14.8. The van der Waals surface area contributed by atoms with Gasteiger partial charge in [0.1, 0.15) is 22.1 Å². The molecule has 4 aromatic rings. The number of benzene rings is 1. The number of hydrogen-bond donors (Lipinski definition) is 2. The molecule has 0 unspecified atom stereocenters. The van der Waals surface area contributed by atoms with Gasteiger partial charge in [-0.15, -0.1) is 0 Å². The summed E-state index contributed by atoms with van der Waals surface area (Å²) in [5.74, 6) is 0.640. The van der Waals surface area contributed by atoms with Gasteiger partial charge in [-0.05, 0) is 23.8 Å². The number of primary sulfonamides is 1. The number of ether oxygens (including phenoxy) is 1. The number of sulfonamides is 1. The number of imidazole rings is 1. The number of nitrogens with zero attached hydrogens (tertiary/aromatic N) is 4. The maximum absolute atomic E-state index is 14.4. The minimum atomic E-state index is -4.13. The van der Waals surface area contributed by atoms with Crippen LogP contribution in [0.5, 0.6) is 5.88 Å². The summed E-state index contributed by atoms with van der Waals surface area (Å²) in [6.45, 7) is 1.88. The second-order valence-electron chi connectivity index (χ2n) is 7.44. The van der Waals surface area contributed by atoms with Crippen LogP contribution in [0, 0.1) is 5.82 Å². The van der Waals surface area contributed by atoms with Gasteiger partial charge < -0.3 is 14.6 Å². The van der Waals surface area contributed by atoms with Gasteiger partial charge in [0.15, 0.2) is 5.65 Å². The van der Waals surface area contributed by atoms with E-state index in [1.807, 2.05) is 10.6 Å². The Morgan fingerprint density at radius 2 is 2.06 bits per heavy atom. The molecule has 1 aliphatic rings. The van der Waals surface area contributed by atoms with Crippen LogP contribution in [0.2, 0.25) is 0 Å². The van der Waals surface area contributed by atoms with Gasteiger partial charge in [-0.1, -0.05) is 6.07 Å². The third-order valence-corrected chi connectivity index (χ3v) is 6.38. The first kappa shape index (κ1) is 19.8. The summed E-state index contributed by atoms with van der Waals surface area (Å²) in [6, 6.07) is 7.57. The van der Waals surface area contributed by atoms with Crippen molar-refractivity contribution in [2.24, 2.45) is 5.14 Å². The quantitative estimate of drug-likeness (QED) is 0.480. The molecule has 160 valence electrons. The van der Waals surface area contributed by atoms with Crippen molar-refractivity contribution in [1.29, 1.82) is 0 Å². The highest BCUT2D eigenvalue weighted by Crippen LogP contribution is 2.30. The number of hydrogen-bond acceptors (Lipinski definition) is 7. The summed E-state index contributed by atoms with van der Waals surface area (Å²) >= 11 is 0. The van der Waals surface area contributed by atoms with Crippen LogP contribution < -0.4 is 15.2 Å². The predicted octanol–water partition coefficient (Wildman–Crippen LogP) is 1.51. The predicted molar refractivity (Wildman–Crippen MR) is 112 cm³/mol. The fraction of sp³-hybridized carbons (Fsp3) is 0.250. The Morgan fingerprint density at radius 3 is 2.71 bits per heavy atom. The molecule has 31 heavy (non-hydrogen) atoms. The highest BCUT2D eigenvalue weighted by atomic mass is 32.2. The van der Waals surface area contributed by atoms with E-state index in [4.69, 9.17) is 14.9 Å². The van der Waals surface area contributed by atoms with Gasteiger partial charge in [0.05, 0.1) is 18.8 Å². The lowest BCUT2D eigenvalue weighted by Crippen LogP contribution is -2.41. The van der Waals surface area contributed by atoms with Crippen LogP contribution in [-0.4, -0.2) is 48.1 Å². The lowest BCUT2D eigenvalue weighted by molar-refractivity contribution is 0.399. The van der Waals surface area contributed by atoms with Crippen molar-refractivity contribution in [3.63, 3.8) is 0 Å². The second-order valence-corrected chi connectivity index (χ2v) is 8.97. The van der Waals surface area contributed by atoms with Crippen LogP contribution in [0.1, 0.15) is 17.3 Å². The van der Waals surface area contributed by atoms with E-state index < -0.39 is 20.7 Å². The number of halogens is 1. The number of rotatable bonds is 5. The van der Waals surface area contributed by atoms with Crippen molar-refractivity contribution in [2.45, 2.75) is 17.4 Å². The fourth-order valence-corrected chi connectivity index (χ4v) is 4.40. The fourth-order valence-electron chi connectivity index (χ4n) is 3.81. The van der Waals surface area contributed by atoms with Crippen LogP contribution >= 0.6 is 0 Å². The van der Waals surface area contributed by atoms with E-state index in [-0.39, 0.29) is 5.92 Å². The molecule has 1 fully saturated rings. The molecule has 0 atom stereocenters. The monoisotopic (exact) mass is 442 g/mol. The van der Waals surface area contributed by atoms with E-state index in [2.05, 4.69) is 15.3 Å². The molecule has 1 aliphatic heterocycles. The Kier molecular flexibility index (Phi) is 4.61. The number of nitrogens with one attached hydrogen (secondary N) is 1. The summed E-state index contributed by atoms with van der Waals surface area (Å²) in [4.78, 5) is 13.1. The average molecular weight is 442 g/mol. The molecule has 0 aliphatic carbocycles. The maximum Gasteiger partial charge on any atom is 0.240 e. The number of aromatic nitrogens is 4. The number of nitrogens with two attached hydrogens (primary N) is 1. The van der Waals surface area contributed by atoms with Gasteiger partial charge in [0.25, 0.3) is 0 Å². The molecule has 3 N–H and O–H groups in total. The van der Waals surface area contributed by atoms with Crippen LogP contribution in [-0.2, 0) is 16.6 Å². The summed E-state index contributed by atoms with van der Waals surface area (Å²) in [6.07, 6.45) is 1.67. The summed E-state index contributed by atoms with van der Waals surface area (Å²) in [7, 11) is -2.59. The molecule has 3 aromatic heterocycles. The summed E-state index contributed by atoms with van der Waals surface area (Å²) in [5, 5.41) is 9.12. The van der Waals surface area contributed by atoms with E-state index in [0.717, 1.165) is 29.8 Å². The highest BCUT2D eigenvalue weighted by molar-refractivity contribution is 7.89. The third-order valence-electron chi connectivity index (χ3n) is 5.44. The number of fused-ring (bicyclic) bond motifs is 3. The molecule has 1 aromatic carbocycles. The topological polar surface area (TPSA) is 125 Å². The third kappa shape index (κ3) is 3.40. The van der Waals surface area contributed by atoms with Crippen molar-refractivity contribution in [3.05, 3.63) is 53.7 Å². The van der Waals surface area contributed by atoms with Crippen molar-refractivity contribution >= 4 is 32.1 Å². The summed E-state index contributed by atoms with van der Waals surface area (Å²) < 4.78 is 44.7. The van der Waals surface area contributed by atoms with Gasteiger partial charge in [-0.25, -0.2) is 27.9 Å². The Bertz CT molecular complexity index is 1430. The van der Waals surface area contributed by atoms with Crippen LogP contribution in [0.4, 0.5) is 4.39 Å². The molecule has 0 spiro atoms. The van der Waals surface area contributed by atoms with E-state index in [1.54, 1.807) is 25.4 Å². The summed E-state index contributed by atoms with van der Waals surface area (Å²) in [5.41, 5.74) is 2.65. The first-order valence-electron chi connectivity index (χ1n) is 9.57. The van der Waals surface area contributed by atoms with Gasteiger partial charge in [-0.2, -0.15) is 4.98 Å². The Morgan fingerprint density at radius 1 is 1.26 bits per heavy atom. The lowest BCUT2D eigenvalue weighted by Gasteiger charge is -2.27. The van der Waals surface area contributed by atoms with E-state index in [1.165, 1.54) is 12.1 Å². The molecule has 9 nitrogen and oxygen atoms in total. The van der Waals surface area contributed by atoms with E-state index >= 15 is 0 Å². The zero-order valence-electron chi connectivity index (χ0n) is 16.5. The molecular weight excluding hydrogens is 423 g/mol. The van der Waals surface area contributed by atoms with Gasteiger partial charge in [0, 0.05) is 37.0 Å². The van der Waals surface area contributed by atoms with E-state index in [0.29, 0.717) is 29.2 Å². The second kappa shape index (κ2) is 7.22. The molecule has 0 saturated carbocycles. The van der Waals surface area contributed by atoms with Gasteiger partial charge in [0.2, 0.25) is 15.9 Å². The lowest BCUT2D eigenvalue weighted by atomic mass is 10.0. The molecule has 4 heterocycles. The maximum atomic E-state index is 14.4. The van der Waals surface area contributed by atoms with Crippen LogP contribution in [0.25, 0.3) is 22.1 Å². The standard InChI is InChI=1S/C20H19FN6O3S/c1-30-17-5-3-13-18-15(9-24-19(13)26-17)25-20(12-7-23-8-12)27(18)10-11-2-4-16(14(21)6-11)31(22,28)29/h2-6,9,12,23H,7-8,10H2,1H3,(H2,22,28,29). The zero-order chi connectivity index (χ0) is 21.8. The van der Waals surface area contributed by atoms with Crippen LogP contribution in [0.15, 0.2) is 41.4 Å². The molecule has 0 bridgehead atoms. The van der Waals surface area contributed by atoms with Gasteiger partial charge >= 0.3 is 0 Å². The molecule has 0 amide bonds. The Hall–Kier alpha value is -3.15. The molecule has 11 heteroatoms.